The highest BCUT2D eigenvalue weighted by Gasteiger charge is 2.29. The lowest BCUT2D eigenvalue weighted by molar-refractivity contribution is 0.112. The molecule has 1 rings (SSSR count). The number of carbonyl (C=O) groups excluding carboxylic acids is 1. The topological polar surface area (TPSA) is 70.6 Å². The van der Waals surface area contributed by atoms with Gasteiger partial charge in [-0.25, -0.2) is 4.79 Å². The van der Waals surface area contributed by atoms with Crippen molar-refractivity contribution < 1.29 is 14.6 Å². The number of rotatable bonds is 5. The molecule has 3 N–H and O–H groups in total. The molecule has 0 aromatic carbocycles. The van der Waals surface area contributed by atoms with Gasteiger partial charge in [0.05, 0.1) is 24.3 Å². The average molecular weight is 244 g/mol. The fourth-order valence-corrected chi connectivity index (χ4v) is 2.13. The van der Waals surface area contributed by atoms with E-state index in [1.807, 2.05) is 20.8 Å². The Balaban J connectivity index is 2.42. The average Bonchev–Trinajstić information content (AvgIpc) is 2.64. The second-order valence-electron chi connectivity index (χ2n) is 5.04. The van der Waals surface area contributed by atoms with E-state index >= 15 is 0 Å². The van der Waals surface area contributed by atoms with E-state index in [2.05, 4.69) is 10.6 Å². The van der Waals surface area contributed by atoms with E-state index in [1.54, 1.807) is 0 Å². The van der Waals surface area contributed by atoms with Gasteiger partial charge in [-0.05, 0) is 26.7 Å². The van der Waals surface area contributed by atoms with Crippen LogP contribution in [0.3, 0.4) is 0 Å². The van der Waals surface area contributed by atoms with Crippen LogP contribution in [-0.4, -0.2) is 42.0 Å². The molecule has 1 aliphatic heterocycles. The Labute approximate surface area is 103 Å². The first-order chi connectivity index (χ1) is 8.00. The molecule has 0 spiro atoms. The van der Waals surface area contributed by atoms with Crippen LogP contribution in [0.4, 0.5) is 4.79 Å². The van der Waals surface area contributed by atoms with Crippen LogP contribution in [0.2, 0.25) is 0 Å². The third kappa shape index (κ3) is 4.16. The number of nitrogens with one attached hydrogen (secondary N) is 2. The molecule has 1 saturated heterocycles. The maximum absolute atomic E-state index is 11.8. The molecule has 5 nitrogen and oxygen atoms in total. The zero-order valence-corrected chi connectivity index (χ0v) is 11.0. The van der Waals surface area contributed by atoms with E-state index in [4.69, 9.17) is 4.74 Å². The van der Waals surface area contributed by atoms with Crippen LogP contribution in [0.5, 0.6) is 0 Å². The summed E-state index contributed by atoms with van der Waals surface area (Å²) in [6, 6.07) is -0.156. The number of carbonyl (C=O) groups is 1. The summed E-state index contributed by atoms with van der Waals surface area (Å²) in [6.45, 7) is 6.48. The van der Waals surface area contributed by atoms with Crippen LogP contribution in [-0.2, 0) is 4.74 Å². The first-order valence-electron chi connectivity index (χ1n) is 6.32. The Kier molecular flexibility index (Phi) is 5.21. The summed E-state index contributed by atoms with van der Waals surface area (Å²) in [5.74, 6) is 0. The van der Waals surface area contributed by atoms with Gasteiger partial charge in [-0.15, -0.1) is 0 Å². The van der Waals surface area contributed by atoms with Gasteiger partial charge in [0, 0.05) is 6.61 Å². The summed E-state index contributed by atoms with van der Waals surface area (Å²) >= 11 is 0. The quantitative estimate of drug-likeness (QED) is 0.676. The summed E-state index contributed by atoms with van der Waals surface area (Å²) in [5, 5.41) is 15.0. The Hall–Kier alpha value is -0.810. The molecule has 2 amide bonds. The van der Waals surface area contributed by atoms with Crippen LogP contribution >= 0.6 is 0 Å². The van der Waals surface area contributed by atoms with Crippen LogP contribution < -0.4 is 10.6 Å². The lowest BCUT2D eigenvalue weighted by Gasteiger charge is -2.29. The number of aliphatic hydroxyl groups excluding tert-OH is 1. The van der Waals surface area contributed by atoms with Crippen molar-refractivity contribution in [1.29, 1.82) is 0 Å². The molecule has 100 valence electrons. The SMILES string of the molecule is CCCC(C)(CO)NC(=O)NC1CCOC1C. The molecule has 0 aliphatic carbocycles. The predicted molar refractivity (Wildman–Crippen MR) is 65.9 cm³/mol. The molecular weight excluding hydrogens is 220 g/mol. The maximum Gasteiger partial charge on any atom is 0.315 e. The molecule has 1 aliphatic rings. The number of hydrogen-bond donors (Lipinski definition) is 3. The molecule has 1 heterocycles. The van der Waals surface area contributed by atoms with Gasteiger partial charge in [-0.1, -0.05) is 13.3 Å². The highest BCUT2D eigenvalue weighted by Crippen LogP contribution is 2.14. The Morgan fingerprint density at radius 3 is 2.76 bits per heavy atom. The number of urea groups is 1. The van der Waals surface area contributed by atoms with Gasteiger partial charge in [-0.3, -0.25) is 0 Å². The number of aliphatic hydroxyl groups is 1. The molecule has 0 bridgehead atoms. The molecule has 0 saturated carbocycles. The number of ether oxygens (including phenoxy) is 1. The van der Waals surface area contributed by atoms with Crippen LogP contribution in [0.1, 0.15) is 40.0 Å². The molecule has 5 heteroatoms. The standard InChI is InChI=1S/C12H24N2O3/c1-4-6-12(3,8-15)14-11(16)13-10-5-7-17-9(10)2/h9-10,15H,4-8H2,1-3H3,(H2,13,14,16). The van der Waals surface area contributed by atoms with E-state index in [1.165, 1.54) is 0 Å². The highest BCUT2D eigenvalue weighted by molar-refractivity contribution is 5.75. The second kappa shape index (κ2) is 6.21. The maximum atomic E-state index is 11.8. The number of amides is 2. The van der Waals surface area contributed by atoms with E-state index < -0.39 is 5.54 Å². The van der Waals surface area contributed by atoms with Gasteiger partial charge < -0.3 is 20.5 Å². The third-order valence-electron chi connectivity index (χ3n) is 3.26. The van der Waals surface area contributed by atoms with Crippen LogP contribution in [0, 0.1) is 0 Å². The highest BCUT2D eigenvalue weighted by atomic mass is 16.5. The molecule has 3 unspecified atom stereocenters. The van der Waals surface area contributed by atoms with Crippen molar-refractivity contribution >= 4 is 6.03 Å². The Bertz CT molecular complexity index is 260. The van der Waals surface area contributed by atoms with E-state index in [-0.39, 0.29) is 24.8 Å². The van der Waals surface area contributed by atoms with Gasteiger partial charge in [0.25, 0.3) is 0 Å². The molecule has 1 fully saturated rings. The molecule has 0 aromatic heterocycles. The summed E-state index contributed by atoms with van der Waals surface area (Å²) in [6.07, 6.45) is 2.58. The minimum absolute atomic E-state index is 0.0506. The van der Waals surface area contributed by atoms with Crippen molar-refractivity contribution in [1.82, 2.24) is 10.6 Å². The summed E-state index contributed by atoms with van der Waals surface area (Å²) in [4.78, 5) is 11.8. The lowest BCUT2D eigenvalue weighted by atomic mass is 9.97. The van der Waals surface area contributed by atoms with Crippen molar-refractivity contribution in [3.8, 4) is 0 Å². The molecule has 3 atom stereocenters. The van der Waals surface area contributed by atoms with Gasteiger partial charge in [0.1, 0.15) is 0 Å². The third-order valence-corrected chi connectivity index (χ3v) is 3.26. The zero-order chi connectivity index (χ0) is 12.9. The van der Waals surface area contributed by atoms with Crippen molar-refractivity contribution in [2.75, 3.05) is 13.2 Å². The molecule has 0 radical (unpaired) electrons. The predicted octanol–water partition coefficient (Wildman–Crippen LogP) is 1.01. The van der Waals surface area contributed by atoms with Gasteiger partial charge >= 0.3 is 6.03 Å². The van der Waals surface area contributed by atoms with E-state index in [9.17, 15) is 9.90 Å². The Morgan fingerprint density at radius 2 is 2.29 bits per heavy atom. The molecule has 0 aromatic rings. The number of hydrogen-bond acceptors (Lipinski definition) is 3. The van der Waals surface area contributed by atoms with Crippen molar-refractivity contribution in [3.05, 3.63) is 0 Å². The fraction of sp³-hybridized carbons (Fsp3) is 0.917. The van der Waals surface area contributed by atoms with Gasteiger partial charge in [0.15, 0.2) is 0 Å². The second-order valence-corrected chi connectivity index (χ2v) is 5.04. The minimum Gasteiger partial charge on any atom is -0.394 e. The monoisotopic (exact) mass is 244 g/mol. The zero-order valence-electron chi connectivity index (χ0n) is 11.0. The first kappa shape index (κ1) is 14.3. The van der Waals surface area contributed by atoms with Gasteiger partial charge in [0.2, 0.25) is 0 Å². The first-order valence-corrected chi connectivity index (χ1v) is 6.32. The van der Waals surface area contributed by atoms with Crippen LogP contribution in [0.15, 0.2) is 0 Å². The minimum atomic E-state index is -0.540. The van der Waals surface area contributed by atoms with Crippen molar-refractivity contribution in [2.24, 2.45) is 0 Å². The lowest BCUT2D eigenvalue weighted by Crippen LogP contribution is -2.55. The fourth-order valence-electron chi connectivity index (χ4n) is 2.13. The van der Waals surface area contributed by atoms with Crippen molar-refractivity contribution in [2.45, 2.75) is 57.7 Å². The Morgan fingerprint density at radius 1 is 1.59 bits per heavy atom. The molecule has 17 heavy (non-hydrogen) atoms. The van der Waals surface area contributed by atoms with Gasteiger partial charge in [-0.2, -0.15) is 0 Å². The van der Waals surface area contributed by atoms with E-state index in [0.717, 1.165) is 19.3 Å². The summed E-state index contributed by atoms with van der Waals surface area (Å²) < 4.78 is 5.38. The van der Waals surface area contributed by atoms with Crippen LogP contribution in [0.25, 0.3) is 0 Å². The smallest absolute Gasteiger partial charge is 0.315 e. The summed E-state index contributed by atoms with van der Waals surface area (Å²) in [5.41, 5.74) is -0.540. The summed E-state index contributed by atoms with van der Waals surface area (Å²) in [7, 11) is 0. The largest absolute Gasteiger partial charge is 0.394 e. The van der Waals surface area contributed by atoms with E-state index in [0.29, 0.717) is 6.61 Å². The normalized spacial score (nSPS) is 27.5. The van der Waals surface area contributed by atoms with Crippen molar-refractivity contribution in [3.63, 3.8) is 0 Å². The molecular formula is C12H24N2O3.